The molecule has 2 atom stereocenters. The first-order valence-electron chi connectivity index (χ1n) is 31.0. The van der Waals surface area contributed by atoms with Gasteiger partial charge in [0.15, 0.2) is 16.5 Å². The fourth-order valence-corrected chi connectivity index (χ4v) is 16.6. The average Bonchev–Trinajstić information content (AvgIpc) is 0.728. The molecule has 4 saturated carbocycles. The molecule has 4 bridgehead atoms. The monoisotopic (exact) mass is 1290 g/mol. The third kappa shape index (κ3) is 15.3. The molecule has 4 fully saturated rings. The summed E-state index contributed by atoms with van der Waals surface area (Å²) in [6.07, 6.45) is 16.2. The molecule has 0 saturated heterocycles. The van der Waals surface area contributed by atoms with Crippen molar-refractivity contribution in [1.82, 2.24) is 39.8 Å². The lowest BCUT2D eigenvalue weighted by Crippen LogP contribution is -2.64. The standard InChI is InChI=1S/C66H75N11O13S2/c1-43-49(47-18-19-52(71-57(47)60(83)84)75-27-23-45-13-8-15-48(50(45)35-75)59(82)73-61-72-58-51(91-61)16-9-24-68-58)34-69-77(43)42-65-37-63(2)36-64(3,38-65)40-66(39-63,41-65)90-31-28-74(29-32-92(86,87)88)62(85)89-30-10-12-44-11-7-14-46(33-44)70-54(79)22-25-67-53(78)17-5-4-6-26-76-55(80)20-21-56(76)81/h7-16,18-21,24,33-34H,4-6,17,22-23,25-32,35-42H2,1-3H3,(H,67,78)(H,70,79)(H,83,84)(H,86,87,88)(H,68,72,73,82)/b12-10+. The van der Waals surface area contributed by atoms with Gasteiger partial charge in [0.05, 0.1) is 28.9 Å². The van der Waals surface area contributed by atoms with Crippen molar-refractivity contribution in [2.24, 2.45) is 16.2 Å². The second-order valence-corrected chi connectivity index (χ2v) is 28.4. The quantitative estimate of drug-likeness (QED) is 0.0183. The first kappa shape index (κ1) is 64.8. The number of carbonyl (C=O) groups excluding carboxylic acids is 6. The third-order valence-electron chi connectivity index (χ3n) is 18.1. The zero-order valence-electron chi connectivity index (χ0n) is 51.7. The van der Waals surface area contributed by atoms with Crippen molar-refractivity contribution < 1.29 is 61.1 Å². The smallest absolute Gasteiger partial charge is 0.410 e. The maximum Gasteiger partial charge on any atom is 0.410 e. The van der Waals surface area contributed by atoms with Crippen molar-refractivity contribution in [3.05, 3.63) is 131 Å². The highest BCUT2D eigenvalue weighted by Gasteiger charge is 2.66. The summed E-state index contributed by atoms with van der Waals surface area (Å²) in [5.74, 6) is -2.90. The van der Waals surface area contributed by atoms with E-state index in [1.165, 1.54) is 33.3 Å². The summed E-state index contributed by atoms with van der Waals surface area (Å²) in [6, 6.07) is 20.0. The molecular formula is C66H75N11O13S2. The van der Waals surface area contributed by atoms with Crippen LogP contribution in [0.25, 0.3) is 27.6 Å². The Labute approximate surface area is 536 Å². The first-order chi connectivity index (χ1) is 43.9. The summed E-state index contributed by atoms with van der Waals surface area (Å²) in [6.45, 7) is 8.01. The van der Waals surface area contributed by atoms with Crippen molar-refractivity contribution in [3.63, 3.8) is 0 Å². The number of rotatable bonds is 27. The number of hydrogen-bond donors (Lipinski definition) is 5. The summed E-state index contributed by atoms with van der Waals surface area (Å²) in [7, 11) is -4.45. The molecule has 6 aliphatic rings. The van der Waals surface area contributed by atoms with Gasteiger partial charge in [-0.3, -0.25) is 43.4 Å². The Morgan fingerprint density at radius 1 is 0.848 bits per heavy atom. The Morgan fingerprint density at radius 3 is 2.39 bits per heavy atom. The van der Waals surface area contributed by atoms with Crippen molar-refractivity contribution in [2.75, 3.05) is 67.2 Å². The predicted molar refractivity (Wildman–Crippen MR) is 344 cm³/mol. The molecule has 484 valence electrons. The lowest BCUT2D eigenvalue weighted by molar-refractivity contribution is -0.248. The number of fused-ring (bicyclic) bond motifs is 2. The molecule has 6 heterocycles. The molecule has 12 rings (SSSR count). The minimum atomic E-state index is -4.45. The number of thiazole rings is 1. The van der Waals surface area contributed by atoms with Gasteiger partial charge in [0.1, 0.15) is 12.4 Å². The van der Waals surface area contributed by atoms with E-state index < -0.39 is 33.5 Å². The minimum absolute atomic E-state index is 0.00928. The van der Waals surface area contributed by atoms with Crippen LogP contribution in [0, 0.1) is 23.2 Å². The molecule has 24 nitrogen and oxygen atoms in total. The number of pyridine rings is 2. The van der Waals surface area contributed by atoms with Crippen LogP contribution in [0.15, 0.2) is 97.4 Å². The lowest BCUT2D eigenvalue weighted by Gasteiger charge is -2.69. The number of benzene rings is 2. The molecule has 4 aromatic heterocycles. The van der Waals surface area contributed by atoms with E-state index in [0.29, 0.717) is 103 Å². The fraction of sp³-hybridized carbons (Fsp3) is 0.439. The zero-order chi connectivity index (χ0) is 65.0. The zero-order valence-corrected chi connectivity index (χ0v) is 53.3. The Kier molecular flexibility index (Phi) is 18.9. The third-order valence-corrected chi connectivity index (χ3v) is 19.8. The number of ether oxygens (including phenoxy) is 2. The highest BCUT2D eigenvalue weighted by atomic mass is 32.2. The van der Waals surface area contributed by atoms with Crippen molar-refractivity contribution in [2.45, 2.75) is 117 Å². The van der Waals surface area contributed by atoms with Gasteiger partial charge in [-0.05, 0) is 146 Å². The van der Waals surface area contributed by atoms with Gasteiger partial charge in [0.25, 0.3) is 27.8 Å². The van der Waals surface area contributed by atoms with E-state index in [1.54, 1.807) is 60.9 Å². The van der Waals surface area contributed by atoms with Gasteiger partial charge >= 0.3 is 12.1 Å². The molecule has 6 amide bonds. The van der Waals surface area contributed by atoms with Gasteiger partial charge < -0.3 is 35.0 Å². The predicted octanol–water partition coefficient (Wildman–Crippen LogP) is 8.88. The number of nitrogens with zero attached hydrogens (tertiary/aromatic N) is 8. The van der Waals surface area contributed by atoms with Crippen molar-refractivity contribution in [3.8, 4) is 11.1 Å². The minimum Gasteiger partial charge on any atom is -0.476 e. The van der Waals surface area contributed by atoms with E-state index in [0.717, 1.165) is 53.6 Å². The number of amides is 6. The summed E-state index contributed by atoms with van der Waals surface area (Å²) in [5, 5.41) is 24.6. The number of imide groups is 1. The van der Waals surface area contributed by atoms with E-state index in [1.807, 2.05) is 46.8 Å². The van der Waals surface area contributed by atoms with Crippen LogP contribution in [-0.2, 0) is 58.3 Å². The van der Waals surface area contributed by atoms with Gasteiger partial charge in [0, 0.05) is 105 Å². The van der Waals surface area contributed by atoms with Crippen molar-refractivity contribution in [1.29, 1.82) is 0 Å². The molecule has 92 heavy (non-hydrogen) atoms. The number of unbranched alkanes of at least 4 members (excludes halogenated alkanes) is 2. The molecule has 4 aliphatic carbocycles. The van der Waals surface area contributed by atoms with Crippen LogP contribution in [0.4, 0.5) is 21.4 Å². The molecule has 0 radical (unpaired) electrons. The van der Waals surface area contributed by atoms with E-state index in [2.05, 4.69) is 39.8 Å². The van der Waals surface area contributed by atoms with Gasteiger partial charge in [-0.1, -0.05) is 61.9 Å². The largest absolute Gasteiger partial charge is 0.476 e. The molecule has 6 aromatic rings. The molecule has 5 N–H and O–H groups in total. The summed E-state index contributed by atoms with van der Waals surface area (Å²) in [5.41, 5.74) is 4.89. The number of aromatic nitrogens is 5. The van der Waals surface area contributed by atoms with Crippen LogP contribution >= 0.6 is 11.3 Å². The van der Waals surface area contributed by atoms with E-state index in [9.17, 15) is 51.6 Å². The number of carboxylic acid groups (broad SMARTS) is 1. The second-order valence-electron chi connectivity index (χ2n) is 25.8. The molecule has 2 aliphatic heterocycles. The highest BCUT2D eigenvalue weighted by Crippen LogP contribution is 2.72. The lowest BCUT2D eigenvalue weighted by atomic mass is 9.39. The Morgan fingerprint density at radius 2 is 1.63 bits per heavy atom. The highest BCUT2D eigenvalue weighted by molar-refractivity contribution is 7.85. The van der Waals surface area contributed by atoms with Crippen LogP contribution < -0.4 is 20.9 Å². The first-order valence-corrected chi connectivity index (χ1v) is 33.4. The topological polar surface area (TPSA) is 315 Å². The maximum atomic E-state index is 13.8. The van der Waals surface area contributed by atoms with Gasteiger partial charge in [0.2, 0.25) is 11.8 Å². The van der Waals surface area contributed by atoms with Crippen LogP contribution in [0.3, 0.4) is 0 Å². The van der Waals surface area contributed by atoms with Crippen LogP contribution in [0.2, 0.25) is 0 Å². The van der Waals surface area contributed by atoms with Gasteiger partial charge in [-0.2, -0.15) is 18.5 Å². The molecule has 2 unspecified atom stereocenters. The van der Waals surface area contributed by atoms with Crippen molar-refractivity contribution >= 4 is 96.1 Å². The van der Waals surface area contributed by atoms with E-state index in [4.69, 9.17) is 19.6 Å². The summed E-state index contributed by atoms with van der Waals surface area (Å²) >= 11 is 1.34. The molecular weight excluding hydrogens is 1220 g/mol. The second kappa shape index (κ2) is 26.9. The number of nitrogens with one attached hydrogen (secondary N) is 3. The van der Waals surface area contributed by atoms with E-state index in [-0.39, 0.29) is 97.2 Å². The maximum absolute atomic E-state index is 13.8. The summed E-state index contributed by atoms with van der Waals surface area (Å²) in [4.78, 5) is 107. The number of aromatic carboxylic acids is 1. The molecule has 26 heteroatoms. The molecule has 2 aromatic carbocycles. The summed E-state index contributed by atoms with van der Waals surface area (Å²) < 4.78 is 49.0. The van der Waals surface area contributed by atoms with Crippen LogP contribution in [0.1, 0.15) is 128 Å². The number of carboxylic acids is 1. The van der Waals surface area contributed by atoms with Crippen LogP contribution in [-0.4, -0.2) is 151 Å². The number of anilines is 3. The molecule has 0 spiro atoms. The van der Waals surface area contributed by atoms with Crippen LogP contribution in [0.5, 0.6) is 0 Å². The average molecular weight is 1290 g/mol. The Bertz CT molecular complexity index is 3980. The normalized spacial score (nSPS) is 21.5. The van der Waals surface area contributed by atoms with E-state index >= 15 is 0 Å². The Hall–Kier alpha value is -8.72. The SMILES string of the molecule is Cc1c(-c2ccc(N3CCc4cccc(C(=O)Nc5nc6ncccc6s5)c4C3)nc2C(=O)O)cnn1CC12CC3(C)CC(C)(C1)CC(OCCN(CCS(=O)(=O)O)C(=O)OC/C=C/c1cccc(NC(=O)CCNC(=O)CCCCCN4C(=O)C=CC4=O)c1)(C3)C2. The fourth-order valence-electron chi connectivity index (χ4n) is 15.3. The number of hydrogen-bond acceptors (Lipinski definition) is 17. The van der Waals surface area contributed by atoms with Gasteiger partial charge in [-0.15, -0.1) is 0 Å². The Balaban J connectivity index is 0.681. The van der Waals surface area contributed by atoms with Gasteiger partial charge in [-0.25, -0.2) is 19.6 Å². The number of carbonyl (C=O) groups is 7.